The summed E-state index contributed by atoms with van der Waals surface area (Å²) in [6.07, 6.45) is 2.22. The van der Waals surface area contributed by atoms with Gasteiger partial charge in [0.15, 0.2) is 0 Å². The van der Waals surface area contributed by atoms with Crippen LogP contribution in [0, 0.1) is 5.92 Å². The van der Waals surface area contributed by atoms with E-state index in [1.807, 2.05) is 32.0 Å². The van der Waals surface area contributed by atoms with Crippen molar-refractivity contribution >= 4 is 10.2 Å². The molecule has 1 saturated heterocycles. The number of para-hydroxylation sites is 1. The van der Waals surface area contributed by atoms with Crippen molar-refractivity contribution in [2.45, 2.75) is 39.3 Å². The van der Waals surface area contributed by atoms with Gasteiger partial charge in [-0.05, 0) is 45.2 Å². The van der Waals surface area contributed by atoms with Gasteiger partial charge in [0.1, 0.15) is 5.75 Å². The second-order valence-corrected chi connectivity index (χ2v) is 7.79. The first kappa shape index (κ1) is 18.2. The largest absolute Gasteiger partial charge is 0.491 e. The molecule has 1 heterocycles. The van der Waals surface area contributed by atoms with Crippen molar-refractivity contribution in [3.8, 4) is 5.75 Å². The highest BCUT2D eigenvalue weighted by molar-refractivity contribution is 7.87. The van der Waals surface area contributed by atoms with Gasteiger partial charge in [0.2, 0.25) is 0 Å². The normalized spacial score (nSPS) is 19.9. The minimum absolute atomic E-state index is 0.143. The van der Waals surface area contributed by atoms with Crippen LogP contribution in [0.1, 0.15) is 32.3 Å². The lowest BCUT2D eigenvalue weighted by atomic mass is 9.98. The molecule has 23 heavy (non-hydrogen) atoms. The Morgan fingerprint density at radius 2 is 2.13 bits per heavy atom. The number of nitrogens with one attached hydrogen (secondary N) is 1. The maximum absolute atomic E-state index is 11.0. The summed E-state index contributed by atoms with van der Waals surface area (Å²) in [6.45, 7) is 7.13. The maximum Gasteiger partial charge on any atom is 0.274 e. The monoisotopic (exact) mass is 341 g/mol. The van der Waals surface area contributed by atoms with Crippen LogP contribution in [0.25, 0.3) is 0 Å². The average Bonchev–Trinajstić information content (AvgIpc) is 2.46. The molecule has 0 bridgehead atoms. The van der Waals surface area contributed by atoms with E-state index in [9.17, 15) is 8.42 Å². The molecule has 0 spiro atoms. The van der Waals surface area contributed by atoms with Gasteiger partial charge in [-0.3, -0.25) is 4.90 Å². The van der Waals surface area contributed by atoms with Crippen molar-refractivity contribution in [2.24, 2.45) is 11.1 Å². The molecular weight excluding hydrogens is 314 g/mol. The second-order valence-electron chi connectivity index (χ2n) is 6.41. The third-order valence-electron chi connectivity index (χ3n) is 3.91. The fraction of sp³-hybridized carbons (Fsp3) is 0.625. The first-order valence-electron chi connectivity index (χ1n) is 8.08. The van der Waals surface area contributed by atoms with Crippen molar-refractivity contribution in [1.29, 1.82) is 0 Å². The summed E-state index contributed by atoms with van der Waals surface area (Å²) in [5.74, 6) is 1.22. The summed E-state index contributed by atoms with van der Waals surface area (Å²) < 4.78 is 30.3. The molecule has 0 aliphatic carbocycles. The van der Waals surface area contributed by atoms with Crippen molar-refractivity contribution < 1.29 is 13.2 Å². The number of hydrogen-bond donors (Lipinski definition) is 2. The molecule has 1 aromatic carbocycles. The van der Waals surface area contributed by atoms with Crippen LogP contribution < -0.4 is 14.6 Å². The van der Waals surface area contributed by atoms with Crippen LogP contribution in [0.2, 0.25) is 0 Å². The zero-order chi connectivity index (χ0) is 16.9. The number of likely N-dealkylation sites (tertiary alicyclic amines) is 1. The summed E-state index contributed by atoms with van der Waals surface area (Å²) in [5, 5.41) is 5.01. The summed E-state index contributed by atoms with van der Waals surface area (Å²) in [7, 11) is -3.61. The minimum atomic E-state index is -3.61. The minimum Gasteiger partial charge on any atom is -0.491 e. The van der Waals surface area contributed by atoms with E-state index >= 15 is 0 Å². The lowest BCUT2D eigenvalue weighted by Crippen LogP contribution is -2.42. The van der Waals surface area contributed by atoms with Crippen LogP contribution in [0.4, 0.5) is 0 Å². The van der Waals surface area contributed by atoms with Crippen LogP contribution >= 0.6 is 0 Å². The van der Waals surface area contributed by atoms with Crippen molar-refractivity contribution in [3.63, 3.8) is 0 Å². The molecule has 0 saturated carbocycles. The quantitative estimate of drug-likeness (QED) is 0.787. The molecule has 3 N–H and O–H groups in total. The van der Waals surface area contributed by atoms with Gasteiger partial charge in [0, 0.05) is 25.2 Å². The van der Waals surface area contributed by atoms with Gasteiger partial charge in [0.05, 0.1) is 6.10 Å². The van der Waals surface area contributed by atoms with Gasteiger partial charge >= 0.3 is 0 Å². The number of piperidine rings is 1. The van der Waals surface area contributed by atoms with Crippen molar-refractivity contribution in [1.82, 2.24) is 9.62 Å². The molecule has 1 aliphatic rings. The van der Waals surface area contributed by atoms with Gasteiger partial charge in [-0.1, -0.05) is 18.2 Å². The second kappa shape index (κ2) is 8.10. The number of hydrogen-bond acceptors (Lipinski definition) is 4. The number of ether oxygens (including phenoxy) is 1. The highest BCUT2D eigenvalue weighted by atomic mass is 32.2. The van der Waals surface area contributed by atoms with Gasteiger partial charge in [-0.25, -0.2) is 9.86 Å². The lowest BCUT2D eigenvalue weighted by molar-refractivity contribution is 0.164. The number of rotatable bonds is 7. The molecule has 0 aromatic heterocycles. The van der Waals surface area contributed by atoms with Gasteiger partial charge in [0.25, 0.3) is 10.2 Å². The highest BCUT2D eigenvalue weighted by Crippen LogP contribution is 2.24. The van der Waals surface area contributed by atoms with Gasteiger partial charge < -0.3 is 4.74 Å². The third-order valence-corrected chi connectivity index (χ3v) is 4.47. The Morgan fingerprint density at radius 1 is 1.39 bits per heavy atom. The topological polar surface area (TPSA) is 84.7 Å². The summed E-state index contributed by atoms with van der Waals surface area (Å²) in [5.41, 5.74) is 1.17. The maximum atomic E-state index is 11.0. The summed E-state index contributed by atoms with van der Waals surface area (Å²) in [6, 6.07) is 8.09. The van der Waals surface area contributed by atoms with E-state index in [-0.39, 0.29) is 6.10 Å². The SMILES string of the molecule is CC(C)Oc1ccccc1CN1CCC[C@@H](CNS(N)(=O)=O)C1. The molecular formula is C16H27N3O3S. The fourth-order valence-corrected chi connectivity index (χ4v) is 3.41. The molecule has 0 unspecified atom stereocenters. The Labute approximate surface area is 139 Å². The Morgan fingerprint density at radius 3 is 2.83 bits per heavy atom. The third kappa shape index (κ3) is 6.47. The summed E-state index contributed by atoms with van der Waals surface area (Å²) >= 11 is 0. The van der Waals surface area contributed by atoms with E-state index in [1.165, 1.54) is 5.56 Å². The van der Waals surface area contributed by atoms with E-state index in [1.54, 1.807) is 0 Å². The predicted octanol–water partition coefficient (Wildman–Crippen LogP) is 1.48. The van der Waals surface area contributed by atoms with Gasteiger partial charge in [-0.2, -0.15) is 8.42 Å². The molecule has 0 amide bonds. The Kier molecular flexibility index (Phi) is 6.41. The smallest absolute Gasteiger partial charge is 0.274 e. The number of benzene rings is 1. The predicted molar refractivity (Wildman–Crippen MR) is 91.3 cm³/mol. The summed E-state index contributed by atoms with van der Waals surface area (Å²) in [4.78, 5) is 2.35. The molecule has 1 fully saturated rings. The van der Waals surface area contributed by atoms with Crippen LogP contribution in [0.5, 0.6) is 5.75 Å². The molecule has 7 heteroatoms. The van der Waals surface area contributed by atoms with Crippen molar-refractivity contribution in [3.05, 3.63) is 29.8 Å². The molecule has 2 rings (SSSR count). The molecule has 6 nitrogen and oxygen atoms in total. The highest BCUT2D eigenvalue weighted by Gasteiger charge is 2.21. The molecule has 1 atom stereocenters. The molecule has 0 radical (unpaired) electrons. The van der Waals surface area contributed by atoms with Gasteiger partial charge in [-0.15, -0.1) is 0 Å². The lowest BCUT2D eigenvalue weighted by Gasteiger charge is -2.33. The van der Waals surface area contributed by atoms with Crippen LogP contribution in [-0.2, 0) is 16.8 Å². The zero-order valence-electron chi connectivity index (χ0n) is 13.9. The standard InChI is InChI=1S/C16H27N3O3S/c1-13(2)22-16-8-4-3-7-15(16)12-19-9-5-6-14(11-19)10-18-23(17,20)21/h3-4,7-8,13-14,18H,5-6,9-12H2,1-2H3,(H2,17,20,21)/t14-/m0/s1. The van der Waals surface area contributed by atoms with E-state index < -0.39 is 10.2 Å². The first-order valence-corrected chi connectivity index (χ1v) is 9.62. The van der Waals surface area contributed by atoms with E-state index in [2.05, 4.69) is 15.7 Å². The molecule has 1 aromatic rings. The number of nitrogens with zero attached hydrogens (tertiary/aromatic N) is 1. The average molecular weight is 341 g/mol. The number of nitrogens with two attached hydrogens (primary N) is 1. The fourth-order valence-electron chi connectivity index (χ4n) is 2.94. The van der Waals surface area contributed by atoms with Crippen molar-refractivity contribution in [2.75, 3.05) is 19.6 Å². The van der Waals surface area contributed by atoms with E-state index in [4.69, 9.17) is 9.88 Å². The molecule has 1 aliphatic heterocycles. The Balaban J connectivity index is 1.95. The van der Waals surface area contributed by atoms with Crippen LogP contribution in [-0.4, -0.2) is 39.1 Å². The van der Waals surface area contributed by atoms with Crippen LogP contribution in [0.3, 0.4) is 0 Å². The first-order chi connectivity index (χ1) is 10.8. The Hall–Kier alpha value is -1.15. The van der Waals surface area contributed by atoms with Crippen LogP contribution in [0.15, 0.2) is 24.3 Å². The Bertz CT molecular complexity index is 604. The zero-order valence-corrected chi connectivity index (χ0v) is 14.7. The van der Waals surface area contributed by atoms with E-state index in [0.717, 1.165) is 38.2 Å². The van der Waals surface area contributed by atoms with E-state index in [0.29, 0.717) is 12.5 Å². The molecule has 130 valence electrons.